The van der Waals surface area contributed by atoms with Gasteiger partial charge in [0.1, 0.15) is 0 Å². The quantitative estimate of drug-likeness (QED) is 0.148. The first-order chi connectivity index (χ1) is 19.6. The topological polar surface area (TPSA) is 84.0 Å². The molecule has 0 atom stereocenters. The number of fused-ring (bicyclic) bond motifs is 2. The molecule has 0 radical (unpaired) electrons. The third kappa shape index (κ3) is 5.86. The molecule has 5 rings (SSSR count). The molecule has 6 heteroatoms. The molecule has 202 valence electrons. The second-order valence-electron chi connectivity index (χ2n) is 9.95. The van der Waals surface area contributed by atoms with Gasteiger partial charge in [-0.15, -0.1) is 0 Å². The number of carbonyl (C=O) groups is 2. The minimum atomic E-state index is -0.153. The predicted octanol–water partition coefficient (Wildman–Crippen LogP) is 7.18. The van der Waals surface area contributed by atoms with Gasteiger partial charge in [0.05, 0.1) is 33.5 Å². The van der Waals surface area contributed by atoms with E-state index in [9.17, 15) is 9.59 Å². The summed E-state index contributed by atoms with van der Waals surface area (Å²) in [5, 5.41) is 7.50. The maximum Gasteiger partial charge on any atom is 0.252 e. The fourth-order valence-corrected chi connectivity index (χ4v) is 4.78. The highest BCUT2D eigenvalue weighted by molar-refractivity contribution is 6.14. The first-order valence-corrected chi connectivity index (χ1v) is 14.1. The highest BCUT2D eigenvalue weighted by Crippen LogP contribution is 2.32. The molecule has 0 fully saturated rings. The Morgan fingerprint density at radius 1 is 0.600 bits per heavy atom. The Balaban J connectivity index is 1.74. The first kappa shape index (κ1) is 27.0. The lowest BCUT2D eigenvalue weighted by Crippen LogP contribution is -2.25. The molecule has 0 saturated heterocycles. The van der Waals surface area contributed by atoms with E-state index in [1.54, 1.807) is 0 Å². The molecule has 40 heavy (non-hydrogen) atoms. The summed E-state index contributed by atoms with van der Waals surface area (Å²) >= 11 is 0. The molecule has 2 N–H and O–H groups in total. The van der Waals surface area contributed by atoms with Crippen molar-refractivity contribution >= 4 is 33.6 Å². The maximum absolute atomic E-state index is 13.5. The number of unbranched alkanes of at least 4 members (excludes halogenated alkanes) is 2. The zero-order chi connectivity index (χ0) is 27.9. The summed E-state index contributed by atoms with van der Waals surface area (Å²) in [5.74, 6) is -0.305. The third-order valence-corrected chi connectivity index (χ3v) is 7.00. The van der Waals surface area contributed by atoms with Crippen LogP contribution >= 0.6 is 0 Å². The molecule has 2 amide bonds. The SMILES string of the molecule is CCCCNC(=O)c1cc(-c2ccccc2)nc2cc3nc(-c4ccccc4)cc(C(=O)NCCCC)c3cc12. The van der Waals surface area contributed by atoms with E-state index in [1.807, 2.05) is 84.9 Å². The predicted molar refractivity (Wildman–Crippen MR) is 162 cm³/mol. The molecule has 5 aromatic rings. The second-order valence-corrected chi connectivity index (χ2v) is 9.95. The number of hydrogen-bond donors (Lipinski definition) is 2. The van der Waals surface area contributed by atoms with Crippen LogP contribution in [0.3, 0.4) is 0 Å². The zero-order valence-electron chi connectivity index (χ0n) is 23.0. The maximum atomic E-state index is 13.5. The van der Waals surface area contributed by atoms with Crippen LogP contribution in [0.5, 0.6) is 0 Å². The Kier molecular flexibility index (Phi) is 8.45. The highest BCUT2D eigenvalue weighted by Gasteiger charge is 2.19. The average Bonchev–Trinajstić information content (AvgIpc) is 3.00. The summed E-state index contributed by atoms with van der Waals surface area (Å²) in [6.07, 6.45) is 3.78. The van der Waals surface area contributed by atoms with Crippen molar-refractivity contribution in [3.05, 3.63) is 96.1 Å². The molecule has 0 spiro atoms. The van der Waals surface area contributed by atoms with Crippen molar-refractivity contribution in [1.82, 2.24) is 20.6 Å². The Labute approximate surface area is 234 Å². The van der Waals surface area contributed by atoms with Crippen LogP contribution in [0, 0.1) is 0 Å². The number of nitrogens with zero attached hydrogens (tertiary/aromatic N) is 2. The second kappa shape index (κ2) is 12.5. The minimum absolute atomic E-state index is 0.153. The summed E-state index contributed by atoms with van der Waals surface area (Å²) in [5.41, 5.74) is 5.66. The summed E-state index contributed by atoms with van der Waals surface area (Å²) in [4.78, 5) is 36.8. The van der Waals surface area contributed by atoms with Crippen molar-refractivity contribution in [2.45, 2.75) is 39.5 Å². The molecular formula is C34H34N4O2. The van der Waals surface area contributed by atoms with E-state index in [4.69, 9.17) is 9.97 Å². The van der Waals surface area contributed by atoms with Gasteiger partial charge in [0.25, 0.3) is 11.8 Å². The van der Waals surface area contributed by atoms with Gasteiger partial charge in [-0.1, -0.05) is 87.4 Å². The van der Waals surface area contributed by atoms with Gasteiger partial charge in [-0.3, -0.25) is 9.59 Å². The minimum Gasteiger partial charge on any atom is -0.352 e. The van der Waals surface area contributed by atoms with Crippen LogP contribution in [-0.2, 0) is 0 Å². The van der Waals surface area contributed by atoms with Gasteiger partial charge in [0.2, 0.25) is 0 Å². The third-order valence-electron chi connectivity index (χ3n) is 7.00. The molecule has 0 aliphatic rings. The Bertz CT molecular complexity index is 1530. The number of hydrogen-bond acceptors (Lipinski definition) is 4. The monoisotopic (exact) mass is 530 g/mol. The fraction of sp³-hybridized carbons (Fsp3) is 0.235. The van der Waals surface area contributed by atoms with E-state index in [0.717, 1.165) is 36.8 Å². The van der Waals surface area contributed by atoms with E-state index in [-0.39, 0.29) is 11.8 Å². The van der Waals surface area contributed by atoms with E-state index >= 15 is 0 Å². The molecule has 0 unspecified atom stereocenters. The molecule has 3 aromatic carbocycles. The number of amides is 2. The van der Waals surface area contributed by atoms with Gasteiger partial charge >= 0.3 is 0 Å². The summed E-state index contributed by atoms with van der Waals surface area (Å²) in [6.45, 7) is 5.38. The van der Waals surface area contributed by atoms with Crippen molar-refractivity contribution in [2.24, 2.45) is 0 Å². The van der Waals surface area contributed by atoms with E-state index in [1.165, 1.54) is 0 Å². The average molecular weight is 531 g/mol. The molecule has 2 heterocycles. The van der Waals surface area contributed by atoms with Crippen molar-refractivity contribution in [3.8, 4) is 22.5 Å². The lowest BCUT2D eigenvalue weighted by molar-refractivity contribution is 0.0947. The zero-order valence-corrected chi connectivity index (χ0v) is 23.0. The molecule has 0 bridgehead atoms. The fourth-order valence-electron chi connectivity index (χ4n) is 4.78. The summed E-state index contributed by atoms with van der Waals surface area (Å²) in [7, 11) is 0. The van der Waals surface area contributed by atoms with E-state index in [0.29, 0.717) is 57.4 Å². The van der Waals surface area contributed by atoms with E-state index < -0.39 is 0 Å². The molecule has 2 aromatic heterocycles. The van der Waals surface area contributed by atoms with Crippen molar-refractivity contribution in [3.63, 3.8) is 0 Å². The van der Waals surface area contributed by atoms with Gasteiger partial charge in [-0.25, -0.2) is 9.97 Å². The molecule has 0 aliphatic carbocycles. The Hall–Kier alpha value is -4.58. The van der Waals surface area contributed by atoms with Gasteiger partial charge in [-0.05, 0) is 37.1 Å². The number of benzene rings is 3. The molecule has 6 nitrogen and oxygen atoms in total. The lowest BCUT2D eigenvalue weighted by atomic mass is 9.98. The van der Waals surface area contributed by atoms with Crippen molar-refractivity contribution < 1.29 is 9.59 Å². The smallest absolute Gasteiger partial charge is 0.252 e. The number of pyridine rings is 2. The molecule has 0 saturated carbocycles. The van der Waals surface area contributed by atoms with Crippen LogP contribution in [0.15, 0.2) is 84.9 Å². The first-order valence-electron chi connectivity index (χ1n) is 14.1. The van der Waals surface area contributed by atoms with Crippen LogP contribution in [0.1, 0.15) is 60.2 Å². The molecule has 0 aliphatic heterocycles. The highest BCUT2D eigenvalue weighted by atomic mass is 16.2. The van der Waals surface area contributed by atoms with Crippen molar-refractivity contribution in [2.75, 3.05) is 13.1 Å². The molecular weight excluding hydrogens is 496 g/mol. The number of aromatic nitrogens is 2. The standard InChI is InChI=1S/C34H34N4O2/c1-3-5-17-35-33(39)27-20-29(23-13-9-7-10-14-23)37-31-22-32-26(19-25(27)31)28(34(40)36-18-6-4-2)21-30(38-32)24-15-11-8-12-16-24/h7-16,19-22H,3-6,17-18H2,1-2H3,(H,35,39)(H,36,40). The van der Waals surface area contributed by atoms with Crippen LogP contribution in [0.2, 0.25) is 0 Å². The summed E-state index contributed by atoms with van der Waals surface area (Å²) in [6, 6.07) is 27.2. The lowest BCUT2D eigenvalue weighted by Gasteiger charge is -2.14. The number of carbonyl (C=O) groups excluding carboxylic acids is 2. The van der Waals surface area contributed by atoms with Crippen LogP contribution in [0.25, 0.3) is 44.3 Å². The van der Waals surface area contributed by atoms with Crippen LogP contribution in [-0.4, -0.2) is 34.9 Å². The van der Waals surface area contributed by atoms with Crippen LogP contribution in [0.4, 0.5) is 0 Å². The number of nitrogens with one attached hydrogen (secondary N) is 2. The van der Waals surface area contributed by atoms with Crippen LogP contribution < -0.4 is 10.6 Å². The van der Waals surface area contributed by atoms with Crippen molar-refractivity contribution in [1.29, 1.82) is 0 Å². The Morgan fingerprint density at radius 2 is 1.02 bits per heavy atom. The van der Waals surface area contributed by atoms with Gasteiger partial charge in [-0.2, -0.15) is 0 Å². The summed E-state index contributed by atoms with van der Waals surface area (Å²) < 4.78 is 0. The van der Waals surface area contributed by atoms with Gasteiger partial charge in [0.15, 0.2) is 0 Å². The van der Waals surface area contributed by atoms with Gasteiger partial charge < -0.3 is 10.6 Å². The number of rotatable bonds is 10. The van der Waals surface area contributed by atoms with Gasteiger partial charge in [0, 0.05) is 35.0 Å². The Morgan fingerprint density at radius 3 is 1.43 bits per heavy atom. The largest absolute Gasteiger partial charge is 0.352 e. The normalized spacial score (nSPS) is 11.1. The van der Waals surface area contributed by atoms with E-state index in [2.05, 4.69) is 24.5 Å².